The van der Waals surface area contributed by atoms with E-state index in [0.717, 1.165) is 32.1 Å². The molecule has 0 unspecified atom stereocenters. The van der Waals surface area contributed by atoms with Crippen LogP contribution in [0, 0.1) is 0 Å². The van der Waals surface area contributed by atoms with Crippen LogP contribution in [0.1, 0.15) is 32.1 Å². The molecule has 0 aromatic rings. The first kappa shape index (κ1) is 12.8. The van der Waals surface area contributed by atoms with Crippen molar-refractivity contribution in [3.8, 4) is 0 Å². The molecule has 0 saturated carbocycles. The van der Waals surface area contributed by atoms with Gasteiger partial charge in [-0.2, -0.15) is 0 Å². The summed E-state index contributed by atoms with van der Waals surface area (Å²) in [5.41, 5.74) is 0.639. The van der Waals surface area contributed by atoms with Crippen LogP contribution in [0.25, 0.3) is 0 Å². The zero-order chi connectivity index (χ0) is 13.1. The predicted octanol–water partition coefficient (Wildman–Crippen LogP) is 0.704. The van der Waals surface area contributed by atoms with Gasteiger partial charge in [-0.05, 0) is 32.1 Å². The lowest BCUT2D eigenvalue weighted by Gasteiger charge is -2.26. The molecule has 2 heterocycles. The molecule has 0 bridgehead atoms. The molecule has 0 aromatic heterocycles. The summed E-state index contributed by atoms with van der Waals surface area (Å²) in [7, 11) is 0. The molecule has 98 valence electrons. The van der Waals surface area contributed by atoms with Crippen LogP contribution in [0.15, 0.2) is 12.3 Å². The maximum absolute atomic E-state index is 11.9. The molecule has 5 nitrogen and oxygen atoms in total. The molecule has 0 aromatic carbocycles. The number of Topliss-reactive ketones (excluding diaryl/α,β-unsaturated/α-hetero) is 1. The Hall–Kier alpha value is -1.65. The molecule has 2 amide bonds. The summed E-state index contributed by atoms with van der Waals surface area (Å²) in [6.45, 7) is 5.40. The highest BCUT2D eigenvalue weighted by Gasteiger charge is 2.34. The zero-order valence-corrected chi connectivity index (χ0v) is 10.5. The molecular formula is C13H18N2O3. The van der Waals surface area contributed by atoms with Crippen LogP contribution in [0.4, 0.5) is 0 Å². The topological polar surface area (TPSA) is 57.7 Å². The Morgan fingerprint density at radius 3 is 2.11 bits per heavy atom. The highest BCUT2D eigenvalue weighted by Crippen LogP contribution is 2.19. The second-order valence-electron chi connectivity index (χ2n) is 4.81. The van der Waals surface area contributed by atoms with Crippen molar-refractivity contribution in [2.45, 2.75) is 32.1 Å². The number of amides is 2. The van der Waals surface area contributed by atoms with E-state index in [2.05, 4.69) is 6.58 Å². The van der Waals surface area contributed by atoms with Gasteiger partial charge in [0.25, 0.3) is 5.91 Å². The number of rotatable bonds is 2. The Balaban J connectivity index is 1.99. The quantitative estimate of drug-likeness (QED) is 0.535. The first-order valence-corrected chi connectivity index (χ1v) is 6.44. The van der Waals surface area contributed by atoms with Gasteiger partial charge in [0, 0.05) is 25.3 Å². The standard InChI is InChI=1S/C13H18N2O3/c1-10-6-5-9-15(10)13(18)11(16)12(17)14-7-3-2-4-8-14/h1-9H2. The SMILES string of the molecule is C=C1CCCN1C(=O)C(=O)C(=O)N1CCCCC1. The number of likely N-dealkylation sites (tertiary alicyclic amines) is 2. The van der Waals surface area contributed by atoms with Crippen molar-refractivity contribution >= 4 is 17.6 Å². The molecule has 0 radical (unpaired) electrons. The largest absolute Gasteiger partial charge is 0.336 e. The van der Waals surface area contributed by atoms with Gasteiger partial charge >= 0.3 is 11.7 Å². The van der Waals surface area contributed by atoms with E-state index in [1.807, 2.05) is 0 Å². The number of carbonyl (C=O) groups is 3. The maximum Gasteiger partial charge on any atom is 0.307 e. The molecule has 0 atom stereocenters. The normalized spacial score (nSPS) is 20.1. The average molecular weight is 250 g/mol. The van der Waals surface area contributed by atoms with Gasteiger partial charge in [-0.3, -0.25) is 14.4 Å². The summed E-state index contributed by atoms with van der Waals surface area (Å²) >= 11 is 0. The fourth-order valence-electron chi connectivity index (χ4n) is 2.43. The minimum atomic E-state index is -0.917. The van der Waals surface area contributed by atoms with Crippen LogP contribution in [0.2, 0.25) is 0 Å². The summed E-state index contributed by atoms with van der Waals surface area (Å²) < 4.78 is 0. The smallest absolute Gasteiger partial charge is 0.307 e. The number of nitrogens with zero attached hydrogens (tertiary/aromatic N) is 2. The fourth-order valence-corrected chi connectivity index (χ4v) is 2.43. The molecule has 2 rings (SSSR count). The number of allylic oxidation sites excluding steroid dienone is 1. The van der Waals surface area contributed by atoms with Gasteiger partial charge < -0.3 is 9.80 Å². The van der Waals surface area contributed by atoms with Gasteiger partial charge in [0.05, 0.1) is 0 Å². The van der Waals surface area contributed by atoms with Crippen molar-refractivity contribution in [2.75, 3.05) is 19.6 Å². The van der Waals surface area contributed by atoms with Crippen molar-refractivity contribution < 1.29 is 14.4 Å². The van der Waals surface area contributed by atoms with Crippen LogP contribution >= 0.6 is 0 Å². The van der Waals surface area contributed by atoms with Crippen LogP contribution in [0.5, 0.6) is 0 Å². The first-order valence-electron chi connectivity index (χ1n) is 6.44. The van der Waals surface area contributed by atoms with Crippen molar-refractivity contribution in [1.29, 1.82) is 0 Å². The van der Waals surface area contributed by atoms with Gasteiger partial charge in [-0.1, -0.05) is 6.58 Å². The summed E-state index contributed by atoms with van der Waals surface area (Å²) in [5.74, 6) is -2.28. The van der Waals surface area contributed by atoms with Crippen molar-refractivity contribution in [1.82, 2.24) is 9.80 Å². The maximum atomic E-state index is 11.9. The van der Waals surface area contributed by atoms with E-state index in [0.29, 0.717) is 25.3 Å². The van der Waals surface area contributed by atoms with Gasteiger partial charge in [0.15, 0.2) is 0 Å². The number of hydrogen-bond donors (Lipinski definition) is 0. The first-order chi connectivity index (χ1) is 8.61. The number of hydrogen-bond acceptors (Lipinski definition) is 3. The van der Waals surface area contributed by atoms with Crippen molar-refractivity contribution in [2.24, 2.45) is 0 Å². The van der Waals surface area contributed by atoms with E-state index in [9.17, 15) is 14.4 Å². The third-order valence-corrected chi connectivity index (χ3v) is 3.51. The van der Waals surface area contributed by atoms with E-state index < -0.39 is 17.6 Å². The van der Waals surface area contributed by atoms with E-state index in [-0.39, 0.29) is 0 Å². The summed E-state index contributed by atoms with van der Waals surface area (Å²) in [4.78, 5) is 38.5. The van der Waals surface area contributed by atoms with Gasteiger partial charge in [-0.15, -0.1) is 0 Å². The molecule has 2 aliphatic rings. The second-order valence-corrected chi connectivity index (χ2v) is 4.81. The Morgan fingerprint density at radius 1 is 0.889 bits per heavy atom. The van der Waals surface area contributed by atoms with Gasteiger partial charge in [0.2, 0.25) is 0 Å². The molecule has 0 aliphatic carbocycles. The van der Waals surface area contributed by atoms with Crippen LogP contribution in [-0.4, -0.2) is 47.0 Å². The summed E-state index contributed by atoms with van der Waals surface area (Å²) in [5, 5.41) is 0. The monoisotopic (exact) mass is 250 g/mol. The molecule has 2 fully saturated rings. The minimum Gasteiger partial charge on any atom is -0.336 e. The third kappa shape index (κ3) is 2.44. The number of piperidine rings is 1. The molecular weight excluding hydrogens is 232 g/mol. The Kier molecular flexibility index (Phi) is 3.79. The van der Waals surface area contributed by atoms with Crippen LogP contribution in [0.3, 0.4) is 0 Å². The lowest BCUT2D eigenvalue weighted by Crippen LogP contribution is -2.46. The van der Waals surface area contributed by atoms with Crippen LogP contribution < -0.4 is 0 Å². The molecule has 2 aliphatic heterocycles. The van der Waals surface area contributed by atoms with Crippen molar-refractivity contribution in [3.05, 3.63) is 12.3 Å². The Labute approximate surface area is 106 Å². The molecule has 2 saturated heterocycles. The summed E-state index contributed by atoms with van der Waals surface area (Å²) in [6.07, 6.45) is 4.43. The summed E-state index contributed by atoms with van der Waals surface area (Å²) in [6, 6.07) is 0. The van der Waals surface area contributed by atoms with E-state index in [1.165, 1.54) is 9.80 Å². The second kappa shape index (κ2) is 5.33. The highest BCUT2D eigenvalue weighted by atomic mass is 16.2. The number of ketones is 1. The van der Waals surface area contributed by atoms with Gasteiger partial charge in [-0.25, -0.2) is 0 Å². The van der Waals surface area contributed by atoms with E-state index >= 15 is 0 Å². The zero-order valence-electron chi connectivity index (χ0n) is 10.5. The number of carbonyl (C=O) groups excluding carboxylic acids is 3. The molecule has 5 heteroatoms. The average Bonchev–Trinajstić information content (AvgIpc) is 2.83. The molecule has 18 heavy (non-hydrogen) atoms. The lowest BCUT2D eigenvalue weighted by atomic mass is 10.1. The minimum absolute atomic E-state index is 0.497. The Morgan fingerprint density at radius 2 is 1.56 bits per heavy atom. The van der Waals surface area contributed by atoms with E-state index in [4.69, 9.17) is 0 Å². The molecule has 0 spiro atoms. The van der Waals surface area contributed by atoms with Gasteiger partial charge in [0.1, 0.15) is 0 Å². The highest BCUT2D eigenvalue weighted by molar-refractivity contribution is 6.62. The van der Waals surface area contributed by atoms with Crippen molar-refractivity contribution in [3.63, 3.8) is 0 Å². The third-order valence-electron chi connectivity index (χ3n) is 3.51. The fraction of sp³-hybridized carbons (Fsp3) is 0.615. The van der Waals surface area contributed by atoms with E-state index in [1.54, 1.807) is 0 Å². The van der Waals surface area contributed by atoms with Crippen LogP contribution in [-0.2, 0) is 14.4 Å². The Bertz CT molecular complexity index is 397. The molecule has 0 N–H and O–H groups in total. The lowest BCUT2D eigenvalue weighted by molar-refractivity contribution is -0.153. The predicted molar refractivity (Wildman–Crippen MR) is 65.5 cm³/mol.